The smallest absolute Gasteiger partial charge is 0.274 e. The van der Waals surface area contributed by atoms with Gasteiger partial charge in [-0.25, -0.2) is 4.52 Å². The monoisotopic (exact) mass is 332 g/mol. The molecule has 3 aromatic heterocycles. The molecule has 3 aromatic rings. The molecule has 0 N–H and O–H groups in total. The molecule has 1 aliphatic rings. The predicted octanol–water partition coefficient (Wildman–Crippen LogP) is 1.24. The number of carbonyl (C=O) groups excluding carboxylic acids is 1. The van der Waals surface area contributed by atoms with Crippen molar-refractivity contribution in [1.29, 1.82) is 0 Å². The molecule has 0 fully saturated rings. The van der Waals surface area contributed by atoms with Gasteiger partial charge in [-0.1, -0.05) is 11.6 Å². The van der Waals surface area contributed by atoms with E-state index in [0.29, 0.717) is 41.6 Å². The van der Waals surface area contributed by atoms with Crippen molar-refractivity contribution in [3.63, 3.8) is 0 Å². The van der Waals surface area contributed by atoms with Crippen molar-refractivity contribution in [2.45, 2.75) is 13.1 Å². The fraction of sp³-hybridized carbons (Fsp3) is 0.286. The molecular weight excluding hydrogens is 320 g/mol. The van der Waals surface area contributed by atoms with E-state index in [4.69, 9.17) is 16.3 Å². The number of halogens is 1. The van der Waals surface area contributed by atoms with Gasteiger partial charge in [0.05, 0.1) is 18.7 Å². The third-order valence-corrected chi connectivity index (χ3v) is 4.07. The minimum atomic E-state index is -0.152. The second-order valence-corrected chi connectivity index (χ2v) is 5.69. The van der Waals surface area contributed by atoms with Crippen LogP contribution in [0.25, 0.3) is 5.52 Å². The van der Waals surface area contributed by atoms with Crippen LogP contribution in [0, 0.1) is 0 Å². The average molecular weight is 333 g/mol. The maximum absolute atomic E-state index is 12.7. The van der Waals surface area contributed by atoms with Gasteiger partial charge < -0.3 is 14.2 Å². The molecule has 1 aliphatic heterocycles. The molecule has 0 saturated carbocycles. The summed E-state index contributed by atoms with van der Waals surface area (Å²) in [5.74, 6) is 1.19. The van der Waals surface area contributed by atoms with Crippen molar-refractivity contribution in [3.8, 4) is 5.75 Å². The first-order chi connectivity index (χ1) is 11.2. The molecule has 0 unspecified atom stereocenters. The van der Waals surface area contributed by atoms with Crippen LogP contribution in [-0.4, -0.2) is 48.8 Å². The standard InChI is InChI=1S/C14H13ClN6O2/c1-23-12-4-9(15)6-21-11(12)5-10(18-21)14(22)19-2-3-20-8-16-17-13(20)7-19/h4-6,8H,2-3,7H2,1H3. The Morgan fingerprint density at radius 1 is 1.35 bits per heavy atom. The Kier molecular flexibility index (Phi) is 3.19. The van der Waals surface area contributed by atoms with E-state index in [1.807, 2.05) is 4.57 Å². The van der Waals surface area contributed by atoms with Gasteiger partial charge in [0.15, 0.2) is 11.5 Å². The lowest BCUT2D eigenvalue weighted by Crippen LogP contribution is -2.38. The van der Waals surface area contributed by atoms with Crippen molar-refractivity contribution in [2.24, 2.45) is 0 Å². The van der Waals surface area contributed by atoms with Gasteiger partial charge in [-0.3, -0.25) is 4.79 Å². The summed E-state index contributed by atoms with van der Waals surface area (Å²) in [5, 5.41) is 12.7. The number of aromatic nitrogens is 5. The summed E-state index contributed by atoms with van der Waals surface area (Å²) in [6, 6.07) is 3.40. The van der Waals surface area contributed by atoms with Crippen LogP contribution in [0.3, 0.4) is 0 Å². The summed E-state index contributed by atoms with van der Waals surface area (Å²) in [4.78, 5) is 14.4. The van der Waals surface area contributed by atoms with Gasteiger partial charge >= 0.3 is 0 Å². The lowest BCUT2D eigenvalue weighted by atomic mass is 10.3. The number of amides is 1. The third-order valence-electron chi connectivity index (χ3n) is 3.87. The number of fused-ring (bicyclic) bond motifs is 2. The Labute approximate surface area is 136 Å². The summed E-state index contributed by atoms with van der Waals surface area (Å²) in [6.45, 7) is 1.69. The summed E-state index contributed by atoms with van der Waals surface area (Å²) in [5.41, 5.74) is 1.04. The van der Waals surface area contributed by atoms with Crippen LogP contribution < -0.4 is 4.74 Å². The maximum atomic E-state index is 12.7. The second kappa shape index (κ2) is 5.24. The zero-order valence-corrected chi connectivity index (χ0v) is 13.1. The molecule has 0 radical (unpaired) electrons. The molecular formula is C14H13ClN6O2. The van der Waals surface area contributed by atoms with E-state index < -0.39 is 0 Å². The summed E-state index contributed by atoms with van der Waals surface area (Å²) in [7, 11) is 1.55. The van der Waals surface area contributed by atoms with Crippen LogP contribution in [0.2, 0.25) is 5.02 Å². The highest BCUT2D eigenvalue weighted by atomic mass is 35.5. The van der Waals surface area contributed by atoms with Gasteiger partial charge in [-0.2, -0.15) is 5.10 Å². The number of ether oxygens (including phenoxy) is 1. The zero-order chi connectivity index (χ0) is 16.0. The van der Waals surface area contributed by atoms with Crippen LogP contribution in [-0.2, 0) is 13.1 Å². The van der Waals surface area contributed by atoms with E-state index in [0.717, 1.165) is 5.82 Å². The molecule has 4 heterocycles. The fourth-order valence-corrected chi connectivity index (χ4v) is 2.89. The third kappa shape index (κ3) is 2.31. The van der Waals surface area contributed by atoms with E-state index in [-0.39, 0.29) is 5.91 Å². The van der Waals surface area contributed by atoms with Crippen molar-refractivity contribution < 1.29 is 9.53 Å². The van der Waals surface area contributed by atoms with E-state index in [1.165, 1.54) is 0 Å². The zero-order valence-electron chi connectivity index (χ0n) is 12.3. The Morgan fingerprint density at radius 3 is 3.04 bits per heavy atom. The van der Waals surface area contributed by atoms with Gasteiger partial charge in [0.25, 0.3) is 5.91 Å². The SMILES string of the molecule is COc1cc(Cl)cn2nc(C(=O)N3CCn4cnnc4C3)cc12. The molecule has 9 heteroatoms. The molecule has 0 saturated heterocycles. The summed E-state index contributed by atoms with van der Waals surface area (Å²) in [6.07, 6.45) is 3.32. The number of carbonyl (C=O) groups is 1. The van der Waals surface area contributed by atoms with Gasteiger partial charge in [0.1, 0.15) is 17.6 Å². The topological polar surface area (TPSA) is 77.5 Å². The molecule has 1 amide bonds. The number of methoxy groups -OCH3 is 1. The molecule has 0 aliphatic carbocycles. The quantitative estimate of drug-likeness (QED) is 0.705. The van der Waals surface area contributed by atoms with Crippen LogP contribution >= 0.6 is 11.6 Å². The highest BCUT2D eigenvalue weighted by Gasteiger charge is 2.25. The molecule has 0 aromatic carbocycles. The first-order valence-electron chi connectivity index (χ1n) is 7.04. The predicted molar refractivity (Wildman–Crippen MR) is 81.5 cm³/mol. The van der Waals surface area contributed by atoms with Crippen LogP contribution in [0.15, 0.2) is 24.7 Å². The largest absolute Gasteiger partial charge is 0.494 e. The molecule has 23 heavy (non-hydrogen) atoms. The summed E-state index contributed by atoms with van der Waals surface area (Å²) >= 11 is 6.03. The average Bonchev–Trinajstić information content (AvgIpc) is 3.18. The number of pyridine rings is 1. The van der Waals surface area contributed by atoms with Crippen molar-refractivity contribution in [1.82, 2.24) is 29.3 Å². The Bertz CT molecular complexity index is 902. The molecule has 0 bridgehead atoms. The summed E-state index contributed by atoms with van der Waals surface area (Å²) < 4.78 is 8.79. The van der Waals surface area contributed by atoms with E-state index in [1.54, 1.807) is 41.2 Å². The van der Waals surface area contributed by atoms with Crippen molar-refractivity contribution in [3.05, 3.63) is 41.2 Å². The van der Waals surface area contributed by atoms with Gasteiger partial charge in [-0.15, -0.1) is 10.2 Å². The van der Waals surface area contributed by atoms with E-state index in [9.17, 15) is 4.79 Å². The molecule has 8 nitrogen and oxygen atoms in total. The van der Waals surface area contributed by atoms with Crippen molar-refractivity contribution in [2.75, 3.05) is 13.7 Å². The fourth-order valence-electron chi connectivity index (χ4n) is 2.70. The molecule has 0 atom stereocenters. The van der Waals surface area contributed by atoms with E-state index >= 15 is 0 Å². The van der Waals surface area contributed by atoms with Crippen LogP contribution in [0.4, 0.5) is 0 Å². The molecule has 4 rings (SSSR count). The second-order valence-electron chi connectivity index (χ2n) is 5.25. The highest BCUT2D eigenvalue weighted by Crippen LogP contribution is 2.25. The van der Waals surface area contributed by atoms with Gasteiger partial charge in [0.2, 0.25) is 0 Å². The lowest BCUT2D eigenvalue weighted by Gasteiger charge is -2.26. The number of hydrogen-bond acceptors (Lipinski definition) is 5. The normalized spacial score (nSPS) is 14.1. The van der Waals surface area contributed by atoms with Gasteiger partial charge in [-0.05, 0) is 0 Å². The Hall–Kier alpha value is -2.61. The van der Waals surface area contributed by atoms with Crippen LogP contribution in [0.5, 0.6) is 5.75 Å². The first kappa shape index (κ1) is 14.0. The maximum Gasteiger partial charge on any atom is 0.274 e. The number of hydrogen-bond donors (Lipinski definition) is 0. The first-order valence-corrected chi connectivity index (χ1v) is 7.42. The van der Waals surface area contributed by atoms with E-state index in [2.05, 4.69) is 15.3 Å². The minimum Gasteiger partial charge on any atom is -0.494 e. The Morgan fingerprint density at radius 2 is 2.22 bits per heavy atom. The molecule has 0 spiro atoms. The minimum absolute atomic E-state index is 0.152. The Balaban J connectivity index is 1.68. The number of nitrogens with zero attached hydrogens (tertiary/aromatic N) is 6. The number of rotatable bonds is 2. The van der Waals surface area contributed by atoms with Crippen LogP contribution in [0.1, 0.15) is 16.3 Å². The molecule has 118 valence electrons. The highest BCUT2D eigenvalue weighted by molar-refractivity contribution is 6.30. The lowest BCUT2D eigenvalue weighted by molar-refractivity contribution is 0.0701. The van der Waals surface area contributed by atoms with Gasteiger partial charge in [0, 0.05) is 31.4 Å². The van der Waals surface area contributed by atoms with Crippen molar-refractivity contribution >= 4 is 23.0 Å².